The molecule has 0 saturated carbocycles. The van der Waals surface area contributed by atoms with Crippen molar-refractivity contribution >= 4 is 35.1 Å². The Labute approximate surface area is 190 Å². The highest BCUT2D eigenvalue weighted by molar-refractivity contribution is 6.35. The van der Waals surface area contributed by atoms with Crippen molar-refractivity contribution in [3.8, 4) is 29.1 Å². The van der Waals surface area contributed by atoms with Crippen LogP contribution in [-0.2, 0) is 19.1 Å². The topological polar surface area (TPSA) is 71.1 Å². The number of carbonyl (C=O) groups excluding carboxylic acids is 2. The lowest BCUT2D eigenvalue weighted by Crippen LogP contribution is -2.26. The molecular formula is C23H20Cl2O6. The molecule has 2 rings (SSSR count). The summed E-state index contributed by atoms with van der Waals surface area (Å²) < 4.78 is 21.0. The zero-order chi connectivity index (χ0) is 22.6. The van der Waals surface area contributed by atoms with Gasteiger partial charge in [-0.05, 0) is 62.4 Å². The molecule has 0 N–H and O–H groups in total. The number of rotatable bonds is 8. The van der Waals surface area contributed by atoms with Crippen molar-refractivity contribution in [2.45, 2.75) is 20.0 Å². The number of allylic oxidation sites excluding steroid dienone is 1. The molecule has 0 heterocycles. The van der Waals surface area contributed by atoms with E-state index in [0.29, 0.717) is 33.9 Å². The molecule has 162 valence electrons. The van der Waals surface area contributed by atoms with E-state index in [9.17, 15) is 9.59 Å². The fourth-order valence-corrected chi connectivity index (χ4v) is 2.60. The summed E-state index contributed by atoms with van der Waals surface area (Å²) in [6, 6.07) is 11.6. The molecule has 0 aliphatic heterocycles. The summed E-state index contributed by atoms with van der Waals surface area (Å²) >= 11 is 12.0. The van der Waals surface area contributed by atoms with E-state index in [1.807, 2.05) is 0 Å². The zero-order valence-electron chi connectivity index (χ0n) is 16.9. The summed E-state index contributed by atoms with van der Waals surface area (Å²) in [7, 11) is 0. The van der Waals surface area contributed by atoms with Gasteiger partial charge in [0.15, 0.2) is 12.7 Å². The van der Waals surface area contributed by atoms with Crippen molar-refractivity contribution in [3.63, 3.8) is 0 Å². The number of carbonyl (C=O) groups is 2. The molecule has 2 aromatic rings. The third-order valence-electron chi connectivity index (χ3n) is 3.57. The Morgan fingerprint density at radius 1 is 1.06 bits per heavy atom. The molecule has 6 nitrogen and oxygen atoms in total. The van der Waals surface area contributed by atoms with Crippen LogP contribution >= 0.6 is 23.2 Å². The van der Waals surface area contributed by atoms with Crippen LogP contribution in [-0.4, -0.2) is 31.3 Å². The molecule has 1 atom stereocenters. The summed E-state index contributed by atoms with van der Waals surface area (Å²) in [5.74, 6) is 5.58. The Morgan fingerprint density at radius 3 is 2.45 bits per heavy atom. The Hall–Kier alpha value is -3.14. The second kappa shape index (κ2) is 12.5. The summed E-state index contributed by atoms with van der Waals surface area (Å²) in [6.07, 6.45) is 1.68. The van der Waals surface area contributed by atoms with Crippen molar-refractivity contribution in [1.29, 1.82) is 0 Å². The van der Waals surface area contributed by atoms with Gasteiger partial charge in [-0.2, -0.15) is 0 Å². The van der Waals surface area contributed by atoms with Gasteiger partial charge in [-0.25, -0.2) is 9.59 Å². The molecule has 0 amide bonds. The van der Waals surface area contributed by atoms with Gasteiger partial charge < -0.3 is 18.9 Å². The normalized spacial score (nSPS) is 11.2. The first-order valence-electron chi connectivity index (χ1n) is 9.27. The minimum Gasteiger partial charge on any atom is -0.479 e. The largest absolute Gasteiger partial charge is 0.479 e. The van der Waals surface area contributed by atoms with Gasteiger partial charge in [-0.15, -0.1) is 0 Å². The van der Waals surface area contributed by atoms with E-state index >= 15 is 0 Å². The molecule has 0 saturated heterocycles. The van der Waals surface area contributed by atoms with Crippen LogP contribution in [0.15, 0.2) is 54.6 Å². The molecular weight excluding hydrogens is 443 g/mol. The van der Waals surface area contributed by atoms with Gasteiger partial charge in [0.05, 0.1) is 11.6 Å². The zero-order valence-corrected chi connectivity index (χ0v) is 18.4. The first-order chi connectivity index (χ1) is 14.9. The third-order valence-corrected chi connectivity index (χ3v) is 4.10. The maximum Gasteiger partial charge on any atom is 0.347 e. The summed E-state index contributed by atoms with van der Waals surface area (Å²) in [5, 5.41) is 0.907. The Morgan fingerprint density at radius 2 is 1.77 bits per heavy atom. The molecule has 0 aromatic heterocycles. The summed E-state index contributed by atoms with van der Waals surface area (Å²) in [6.45, 7) is 3.43. The average Bonchev–Trinajstić information content (AvgIpc) is 2.74. The van der Waals surface area contributed by atoms with E-state index in [-0.39, 0.29) is 6.61 Å². The van der Waals surface area contributed by atoms with E-state index in [1.165, 1.54) is 12.2 Å². The molecule has 0 aliphatic rings. The standard InChI is InChI=1S/C23H20Cl2O6/c1-3-28-22(26)7-5-4-6-14-29-23(27)16(2)30-18-9-11-19(12-10-18)31-21-13-8-17(24)15-20(21)25/h5,7-13,15-16H,3,14H2,1-2H3/b7-5+. The molecule has 31 heavy (non-hydrogen) atoms. The van der Waals surface area contributed by atoms with Crippen LogP contribution in [0.1, 0.15) is 13.8 Å². The molecule has 0 bridgehead atoms. The van der Waals surface area contributed by atoms with Crippen LogP contribution in [0.3, 0.4) is 0 Å². The second-order valence-corrected chi connectivity index (χ2v) is 6.77. The number of halogens is 2. The van der Waals surface area contributed by atoms with E-state index < -0.39 is 18.0 Å². The lowest BCUT2D eigenvalue weighted by Gasteiger charge is -2.13. The fourth-order valence-electron chi connectivity index (χ4n) is 2.15. The molecule has 2 aromatic carbocycles. The molecule has 8 heteroatoms. The third kappa shape index (κ3) is 8.63. The predicted molar refractivity (Wildman–Crippen MR) is 118 cm³/mol. The number of hydrogen-bond donors (Lipinski definition) is 0. The Kier molecular flexibility index (Phi) is 9.76. The van der Waals surface area contributed by atoms with E-state index in [4.69, 9.17) is 42.1 Å². The van der Waals surface area contributed by atoms with Crippen molar-refractivity contribution in [2.75, 3.05) is 13.2 Å². The van der Waals surface area contributed by atoms with Crippen LogP contribution in [0, 0.1) is 11.8 Å². The van der Waals surface area contributed by atoms with Gasteiger partial charge in [0.25, 0.3) is 0 Å². The van der Waals surface area contributed by atoms with Crippen molar-refractivity contribution < 1.29 is 28.5 Å². The van der Waals surface area contributed by atoms with Gasteiger partial charge in [-0.1, -0.05) is 35.0 Å². The van der Waals surface area contributed by atoms with Gasteiger partial charge in [0.1, 0.15) is 17.2 Å². The maximum atomic E-state index is 12.0. The lowest BCUT2D eigenvalue weighted by atomic mass is 10.3. The van der Waals surface area contributed by atoms with Gasteiger partial charge in [-0.3, -0.25) is 0 Å². The van der Waals surface area contributed by atoms with Crippen LogP contribution in [0.2, 0.25) is 10.0 Å². The Balaban J connectivity index is 1.80. The predicted octanol–water partition coefficient (Wildman–Crippen LogP) is 5.22. The van der Waals surface area contributed by atoms with Crippen LogP contribution < -0.4 is 9.47 Å². The fraction of sp³-hybridized carbons (Fsp3) is 0.217. The summed E-state index contributed by atoms with van der Waals surface area (Å²) in [5.41, 5.74) is 0. The molecule has 0 aliphatic carbocycles. The van der Waals surface area contributed by atoms with E-state index in [0.717, 1.165) is 0 Å². The number of ether oxygens (including phenoxy) is 4. The second-order valence-electron chi connectivity index (χ2n) is 5.92. The highest BCUT2D eigenvalue weighted by Crippen LogP contribution is 2.32. The van der Waals surface area contributed by atoms with Gasteiger partial charge in [0.2, 0.25) is 0 Å². The monoisotopic (exact) mass is 462 g/mol. The molecule has 1 unspecified atom stereocenters. The highest BCUT2D eigenvalue weighted by atomic mass is 35.5. The van der Waals surface area contributed by atoms with Gasteiger partial charge in [0, 0.05) is 11.1 Å². The van der Waals surface area contributed by atoms with Crippen molar-refractivity contribution in [1.82, 2.24) is 0 Å². The molecule has 0 fully saturated rings. The minimum absolute atomic E-state index is 0.131. The number of hydrogen-bond acceptors (Lipinski definition) is 6. The molecule has 0 radical (unpaired) electrons. The first kappa shape index (κ1) is 24.1. The van der Waals surface area contributed by atoms with Crippen LogP contribution in [0.5, 0.6) is 17.2 Å². The average molecular weight is 463 g/mol. The van der Waals surface area contributed by atoms with Crippen molar-refractivity contribution in [3.05, 3.63) is 64.7 Å². The smallest absolute Gasteiger partial charge is 0.347 e. The maximum absolute atomic E-state index is 12.0. The highest BCUT2D eigenvalue weighted by Gasteiger charge is 2.16. The quantitative estimate of drug-likeness (QED) is 0.304. The van der Waals surface area contributed by atoms with Crippen LogP contribution in [0.4, 0.5) is 0 Å². The van der Waals surface area contributed by atoms with E-state index in [2.05, 4.69) is 11.8 Å². The minimum atomic E-state index is -0.839. The SMILES string of the molecule is CCOC(=O)/C=C/C#CCOC(=O)C(C)Oc1ccc(Oc2ccc(Cl)cc2Cl)cc1. The Bertz CT molecular complexity index is 989. The van der Waals surface area contributed by atoms with Crippen molar-refractivity contribution in [2.24, 2.45) is 0 Å². The number of benzene rings is 2. The number of esters is 2. The molecule has 0 spiro atoms. The first-order valence-corrected chi connectivity index (χ1v) is 10.0. The lowest BCUT2D eigenvalue weighted by molar-refractivity contribution is -0.149. The van der Waals surface area contributed by atoms with Gasteiger partial charge >= 0.3 is 11.9 Å². The van der Waals surface area contributed by atoms with Crippen LogP contribution in [0.25, 0.3) is 0 Å². The van der Waals surface area contributed by atoms with E-state index in [1.54, 1.807) is 56.3 Å². The summed E-state index contributed by atoms with van der Waals surface area (Å²) in [4.78, 5) is 23.1.